The van der Waals surface area contributed by atoms with Gasteiger partial charge in [-0.15, -0.1) is 0 Å². The fraction of sp³-hybridized carbons (Fsp3) is 0.278. The van der Waals surface area contributed by atoms with Crippen molar-refractivity contribution >= 4 is 11.5 Å². The molecule has 0 saturated heterocycles. The molecule has 2 nitrogen and oxygen atoms in total. The predicted octanol–water partition coefficient (Wildman–Crippen LogP) is 4.25. The Bertz CT molecular complexity index is 589. The van der Waals surface area contributed by atoms with E-state index in [1.54, 1.807) is 0 Å². The lowest BCUT2D eigenvalue weighted by Gasteiger charge is -2.07. The van der Waals surface area contributed by atoms with Crippen LogP contribution in [0.3, 0.4) is 0 Å². The number of carbonyl (C=O) groups is 1. The van der Waals surface area contributed by atoms with Gasteiger partial charge in [0.1, 0.15) is 0 Å². The van der Waals surface area contributed by atoms with Gasteiger partial charge in [0, 0.05) is 29.6 Å². The number of ketones is 1. The highest BCUT2D eigenvalue weighted by Gasteiger charge is 2.38. The monoisotopic (exact) mass is 265 g/mol. The van der Waals surface area contributed by atoms with Crippen molar-refractivity contribution in [1.82, 2.24) is 0 Å². The summed E-state index contributed by atoms with van der Waals surface area (Å²) >= 11 is 0. The number of nitrogens with one attached hydrogen (secondary N) is 1. The summed E-state index contributed by atoms with van der Waals surface area (Å²) in [6.07, 6.45) is 1.74. The topological polar surface area (TPSA) is 29.1 Å². The zero-order valence-electron chi connectivity index (χ0n) is 11.7. The van der Waals surface area contributed by atoms with E-state index in [0.29, 0.717) is 18.4 Å². The first-order valence-electron chi connectivity index (χ1n) is 7.22. The largest absolute Gasteiger partial charge is 0.382 e. The maximum Gasteiger partial charge on any atom is 0.162 e. The lowest BCUT2D eigenvalue weighted by molar-refractivity contribution is 0.0988. The molecule has 0 aliphatic heterocycles. The maximum atomic E-state index is 11.6. The second-order valence-electron chi connectivity index (χ2n) is 5.36. The van der Waals surface area contributed by atoms with E-state index in [0.717, 1.165) is 11.3 Å². The minimum absolute atomic E-state index is 0.199. The van der Waals surface area contributed by atoms with Crippen molar-refractivity contribution in [2.45, 2.75) is 31.7 Å². The molecule has 102 valence electrons. The van der Waals surface area contributed by atoms with Gasteiger partial charge in [-0.2, -0.15) is 0 Å². The van der Waals surface area contributed by atoms with E-state index in [9.17, 15) is 4.79 Å². The number of rotatable bonds is 5. The zero-order valence-corrected chi connectivity index (χ0v) is 11.7. The Morgan fingerprint density at radius 1 is 1.10 bits per heavy atom. The Morgan fingerprint density at radius 2 is 1.80 bits per heavy atom. The van der Waals surface area contributed by atoms with E-state index in [-0.39, 0.29) is 5.78 Å². The van der Waals surface area contributed by atoms with Crippen LogP contribution in [0.15, 0.2) is 54.6 Å². The Kier molecular flexibility index (Phi) is 3.55. The summed E-state index contributed by atoms with van der Waals surface area (Å²) in [5.41, 5.74) is 3.30. The molecule has 0 amide bonds. The molecule has 2 atom stereocenters. The highest BCUT2D eigenvalue weighted by molar-refractivity contribution is 5.96. The van der Waals surface area contributed by atoms with Crippen LogP contribution in [-0.2, 0) is 0 Å². The number of hydrogen-bond acceptors (Lipinski definition) is 2. The highest BCUT2D eigenvalue weighted by Crippen LogP contribution is 2.42. The number of Topliss-reactive ketones (excluding diaryl/α,β-unsaturated/α-hetero) is 1. The van der Waals surface area contributed by atoms with Crippen LogP contribution >= 0.6 is 0 Å². The van der Waals surface area contributed by atoms with Gasteiger partial charge in [-0.3, -0.25) is 4.79 Å². The summed E-state index contributed by atoms with van der Waals surface area (Å²) in [6, 6.07) is 19.0. The third-order valence-corrected chi connectivity index (χ3v) is 3.90. The molecule has 2 aromatic rings. The predicted molar refractivity (Wildman–Crippen MR) is 82.3 cm³/mol. The SMILES string of the molecule is CCC(=O)c1ccc(NC2CC2c2ccccc2)cc1. The first kappa shape index (κ1) is 12.9. The average Bonchev–Trinajstić information content (AvgIpc) is 3.27. The van der Waals surface area contributed by atoms with Gasteiger partial charge in [0.2, 0.25) is 0 Å². The van der Waals surface area contributed by atoms with Crippen LogP contribution in [0.2, 0.25) is 0 Å². The minimum Gasteiger partial charge on any atom is -0.382 e. The van der Waals surface area contributed by atoms with Crippen LogP contribution in [0.25, 0.3) is 0 Å². The van der Waals surface area contributed by atoms with Crippen molar-refractivity contribution in [2.75, 3.05) is 5.32 Å². The molecule has 1 aliphatic rings. The molecule has 1 fully saturated rings. The molecule has 1 saturated carbocycles. The van der Waals surface area contributed by atoms with Gasteiger partial charge in [-0.25, -0.2) is 0 Å². The van der Waals surface area contributed by atoms with Crippen LogP contribution in [0, 0.1) is 0 Å². The normalized spacial score (nSPS) is 20.4. The van der Waals surface area contributed by atoms with Crippen molar-refractivity contribution in [3.05, 3.63) is 65.7 Å². The molecule has 1 N–H and O–H groups in total. The Hall–Kier alpha value is -2.09. The van der Waals surface area contributed by atoms with Gasteiger partial charge in [0.05, 0.1) is 0 Å². The molecule has 2 heteroatoms. The van der Waals surface area contributed by atoms with E-state index in [4.69, 9.17) is 0 Å². The number of hydrogen-bond donors (Lipinski definition) is 1. The quantitative estimate of drug-likeness (QED) is 0.819. The zero-order chi connectivity index (χ0) is 13.9. The summed E-state index contributed by atoms with van der Waals surface area (Å²) in [5.74, 6) is 0.818. The molecular formula is C18H19NO. The van der Waals surface area contributed by atoms with Crippen LogP contribution in [0.5, 0.6) is 0 Å². The fourth-order valence-corrected chi connectivity index (χ4v) is 2.59. The van der Waals surface area contributed by atoms with Crippen molar-refractivity contribution in [2.24, 2.45) is 0 Å². The summed E-state index contributed by atoms with van der Waals surface area (Å²) in [4.78, 5) is 11.6. The van der Waals surface area contributed by atoms with E-state index >= 15 is 0 Å². The number of carbonyl (C=O) groups excluding carboxylic acids is 1. The van der Waals surface area contributed by atoms with E-state index in [1.165, 1.54) is 12.0 Å². The van der Waals surface area contributed by atoms with Crippen molar-refractivity contribution in [3.63, 3.8) is 0 Å². The molecule has 3 rings (SSSR count). The molecule has 0 aromatic heterocycles. The van der Waals surface area contributed by atoms with E-state index < -0.39 is 0 Å². The first-order chi connectivity index (χ1) is 9.78. The average molecular weight is 265 g/mol. The van der Waals surface area contributed by atoms with Gasteiger partial charge in [0.15, 0.2) is 5.78 Å². The fourth-order valence-electron chi connectivity index (χ4n) is 2.59. The third-order valence-electron chi connectivity index (χ3n) is 3.90. The number of anilines is 1. The minimum atomic E-state index is 0.199. The summed E-state index contributed by atoms with van der Waals surface area (Å²) in [6.45, 7) is 1.89. The van der Waals surface area contributed by atoms with E-state index in [1.807, 2.05) is 31.2 Å². The Balaban J connectivity index is 1.61. The molecule has 0 bridgehead atoms. The summed E-state index contributed by atoms with van der Waals surface area (Å²) < 4.78 is 0. The molecule has 20 heavy (non-hydrogen) atoms. The Morgan fingerprint density at radius 3 is 2.45 bits per heavy atom. The van der Waals surface area contributed by atoms with Gasteiger partial charge in [0.25, 0.3) is 0 Å². The van der Waals surface area contributed by atoms with Gasteiger partial charge < -0.3 is 5.32 Å². The van der Waals surface area contributed by atoms with Gasteiger partial charge >= 0.3 is 0 Å². The molecule has 0 radical (unpaired) electrons. The first-order valence-corrected chi connectivity index (χ1v) is 7.22. The molecule has 2 aromatic carbocycles. The lowest BCUT2D eigenvalue weighted by atomic mass is 10.1. The third kappa shape index (κ3) is 2.74. The van der Waals surface area contributed by atoms with Gasteiger partial charge in [-0.1, -0.05) is 37.3 Å². The Labute approximate surface area is 119 Å². The highest BCUT2D eigenvalue weighted by atomic mass is 16.1. The van der Waals surface area contributed by atoms with Crippen molar-refractivity contribution in [1.29, 1.82) is 0 Å². The molecule has 0 spiro atoms. The van der Waals surface area contributed by atoms with Crippen molar-refractivity contribution in [3.8, 4) is 0 Å². The van der Waals surface area contributed by atoms with Crippen molar-refractivity contribution < 1.29 is 4.79 Å². The molecule has 2 unspecified atom stereocenters. The lowest BCUT2D eigenvalue weighted by Crippen LogP contribution is -2.04. The second kappa shape index (κ2) is 5.49. The molecule has 0 heterocycles. The van der Waals surface area contributed by atoms with Crippen LogP contribution < -0.4 is 5.32 Å². The summed E-state index contributed by atoms with van der Waals surface area (Å²) in [7, 11) is 0. The van der Waals surface area contributed by atoms with Crippen LogP contribution in [-0.4, -0.2) is 11.8 Å². The molecular weight excluding hydrogens is 246 g/mol. The standard InChI is InChI=1S/C18H19NO/c1-2-18(20)14-8-10-15(11-9-14)19-17-12-16(17)13-6-4-3-5-7-13/h3-11,16-17,19H,2,12H2,1H3. The van der Waals surface area contributed by atoms with Crippen LogP contribution in [0.1, 0.15) is 41.6 Å². The maximum absolute atomic E-state index is 11.6. The number of benzene rings is 2. The smallest absolute Gasteiger partial charge is 0.162 e. The second-order valence-corrected chi connectivity index (χ2v) is 5.36. The van der Waals surface area contributed by atoms with Crippen LogP contribution in [0.4, 0.5) is 5.69 Å². The summed E-state index contributed by atoms with van der Waals surface area (Å²) in [5, 5.41) is 3.54. The van der Waals surface area contributed by atoms with Gasteiger partial charge in [-0.05, 0) is 36.2 Å². The molecule has 1 aliphatic carbocycles. The van der Waals surface area contributed by atoms with E-state index in [2.05, 4.69) is 35.6 Å².